The standard InChI is InChI=1S/C12H7ClF/c13-11-7-6-10(8-12(11)14)9-4-2-1-3-5-9/h1-2,4-8H. The molecular formula is C12H7ClF. The average Bonchev–Trinajstić information content (AvgIpc) is 2.23. The Kier molecular flexibility index (Phi) is 2.51. The molecule has 0 spiro atoms. The Bertz CT molecular complexity index is 437. The lowest BCUT2D eigenvalue weighted by Gasteiger charge is -2.01. The van der Waals surface area contributed by atoms with E-state index in [1.54, 1.807) is 18.2 Å². The lowest BCUT2D eigenvalue weighted by Crippen LogP contribution is -1.80. The first-order chi connectivity index (χ1) is 6.77. The number of rotatable bonds is 1. The van der Waals surface area contributed by atoms with Crippen molar-refractivity contribution >= 4 is 11.6 Å². The average molecular weight is 206 g/mol. The van der Waals surface area contributed by atoms with Crippen molar-refractivity contribution in [3.63, 3.8) is 0 Å². The molecule has 0 nitrogen and oxygen atoms in total. The molecule has 0 aliphatic carbocycles. The Morgan fingerprint density at radius 3 is 2.64 bits per heavy atom. The van der Waals surface area contributed by atoms with E-state index in [0.717, 1.165) is 11.1 Å². The smallest absolute Gasteiger partial charge is 0.142 e. The highest BCUT2D eigenvalue weighted by Crippen LogP contribution is 2.23. The Labute approximate surface area is 87.0 Å². The van der Waals surface area contributed by atoms with Crippen LogP contribution in [0.2, 0.25) is 5.02 Å². The van der Waals surface area contributed by atoms with E-state index in [4.69, 9.17) is 11.6 Å². The first-order valence-corrected chi connectivity index (χ1v) is 4.57. The molecule has 0 fully saturated rings. The third kappa shape index (κ3) is 1.78. The normalized spacial score (nSPS) is 10.1. The minimum atomic E-state index is -0.395. The van der Waals surface area contributed by atoms with Gasteiger partial charge in [0, 0.05) is 0 Å². The molecule has 2 aromatic carbocycles. The summed E-state index contributed by atoms with van der Waals surface area (Å²) in [6.45, 7) is 0. The van der Waals surface area contributed by atoms with E-state index in [0.29, 0.717) is 0 Å². The largest absolute Gasteiger partial charge is 0.205 e. The molecule has 0 saturated carbocycles. The van der Waals surface area contributed by atoms with Gasteiger partial charge in [-0.2, -0.15) is 0 Å². The summed E-state index contributed by atoms with van der Waals surface area (Å²) < 4.78 is 13.1. The molecule has 2 heteroatoms. The summed E-state index contributed by atoms with van der Waals surface area (Å²) >= 11 is 5.59. The van der Waals surface area contributed by atoms with Crippen LogP contribution in [0.25, 0.3) is 11.1 Å². The molecule has 0 aromatic heterocycles. The highest BCUT2D eigenvalue weighted by molar-refractivity contribution is 6.30. The topological polar surface area (TPSA) is 0 Å². The zero-order valence-corrected chi connectivity index (χ0v) is 8.05. The fraction of sp³-hybridized carbons (Fsp3) is 0. The van der Waals surface area contributed by atoms with Gasteiger partial charge in [0.15, 0.2) is 0 Å². The molecule has 0 atom stereocenters. The van der Waals surface area contributed by atoms with Crippen molar-refractivity contribution in [1.82, 2.24) is 0 Å². The van der Waals surface area contributed by atoms with Crippen molar-refractivity contribution in [2.45, 2.75) is 0 Å². The second-order valence-corrected chi connectivity index (χ2v) is 3.33. The predicted octanol–water partition coefficient (Wildman–Crippen LogP) is 3.95. The van der Waals surface area contributed by atoms with Crippen LogP contribution in [0.1, 0.15) is 0 Å². The minimum Gasteiger partial charge on any atom is -0.205 e. The predicted molar refractivity (Wildman–Crippen MR) is 55.7 cm³/mol. The maximum absolute atomic E-state index is 13.1. The molecule has 2 aromatic rings. The first-order valence-electron chi connectivity index (χ1n) is 4.19. The molecule has 0 N–H and O–H groups in total. The van der Waals surface area contributed by atoms with E-state index in [2.05, 4.69) is 6.07 Å². The van der Waals surface area contributed by atoms with Crippen LogP contribution in [-0.4, -0.2) is 0 Å². The van der Waals surface area contributed by atoms with E-state index < -0.39 is 5.82 Å². The quantitative estimate of drug-likeness (QED) is 0.662. The highest BCUT2D eigenvalue weighted by atomic mass is 35.5. The summed E-state index contributed by atoms with van der Waals surface area (Å²) in [6, 6.07) is 15.1. The van der Waals surface area contributed by atoms with Crippen LogP contribution in [0.15, 0.2) is 42.5 Å². The van der Waals surface area contributed by atoms with Crippen LogP contribution >= 0.6 is 11.6 Å². The molecule has 0 heterocycles. The highest BCUT2D eigenvalue weighted by Gasteiger charge is 2.01. The SMILES string of the molecule is Fc1cc(-c2c[c]ccc2)ccc1Cl. The Morgan fingerprint density at radius 1 is 1.14 bits per heavy atom. The molecule has 1 radical (unpaired) electrons. The number of benzene rings is 2. The van der Waals surface area contributed by atoms with Gasteiger partial charge in [0.2, 0.25) is 0 Å². The van der Waals surface area contributed by atoms with Crippen molar-refractivity contribution in [1.29, 1.82) is 0 Å². The Hall–Kier alpha value is -1.34. The van der Waals surface area contributed by atoms with Gasteiger partial charge in [-0.25, -0.2) is 4.39 Å². The second kappa shape index (κ2) is 3.81. The summed E-state index contributed by atoms with van der Waals surface area (Å²) in [7, 11) is 0. The fourth-order valence-electron chi connectivity index (χ4n) is 1.25. The van der Waals surface area contributed by atoms with E-state index in [9.17, 15) is 4.39 Å². The van der Waals surface area contributed by atoms with Crippen molar-refractivity contribution < 1.29 is 4.39 Å². The van der Waals surface area contributed by atoms with E-state index in [1.807, 2.05) is 18.2 Å². The van der Waals surface area contributed by atoms with Crippen molar-refractivity contribution in [3.05, 3.63) is 59.4 Å². The van der Waals surface area contributed by atoms with Crippen LogP contribution in [0.4, 0.5) is 4.39 Å². The first kappa shape index (κ1) is 9.22. The molecular weight excluding hydrogens is 199 g/mol. The summed E-state index contributed by atoms with van der Waals surface area (Å²) in [4.78, 5) is 0. The summed E-state index contributed by atoms with van der Waals surface area (Å²) in [5, 5.41) is 0.147. The van der Waals surface area contributed by atoms with Crippen LogP contribution in [-0.2, 0) is 0 Å². The number of hydrogen-bond donors (Lipinski definition) is 0. The van der Waals surface area contributed by atoms with Crippen LogP contribution < -0.4 is 0 Å². The van der Waals surface area contributed by atoms with E-state index in [1.165, 1.54) is 6.07 Å². The van der Waals surface area contributed by atoms with Gasteiger partial charge in [0.25, 0.3) is 0 Å². The third-order valence-corrected chi connectivity index (χ3v) is 2.27. The molecule has 0 saturated heterocycles. The maximum atomic E-state index is 13.1. The van der Waals surface area contributed by atoms with Gasteiger partial charge < -0.3 is 0 Å². The summed E-state index contributed by atoms with van der Waals surface area (Å²) in [6.07, 6.45) is 0. The van der Waals surface area contributed by atoms with Gasteiger partial charge in [-0.1, -0.05) is 35.9 Å². The molecule has 0 aliphatic rings. The molecule has 69 valence electrons. The molecule has 0 amide bonds. The minimum absolute atomic E-state index is 0.147. The van der Waals surface area contributed by atoms with Gasteiger partial charge >= 0.3 is 0 Å². The lowest BCUT2D eigenvalue weighted by molar-refractivity contribution is 0.629. The van der Waals surface area contributed by atoms with E-state index in [-0.39, 0.29) is 5.02 Å². The van der Waals surface area contributed by atoms with Crippen molar-refractivity contribution in [3.8, 4) is 11.1 Å². The van der Waals surface area contributed by atoms with Crippen LogP contribution in [0, 0.1) is 11.9 Å². The molecule has 14 heavy (non-hydrogen) atoms. The third-order valence-electron chi connectivity index (χ3n) is 1.96. The molecule has 2 rings (SSSR count). The maximum Gasteiger partial charge on any atom is 0.142 e. The second-order valence-electron chi connectivity index (χ2n) is 2.92. The zero-order valence-electron chi connectivity index (χ0n) is 7.30. The van der Waals surface area contributed by atoms with Gasteiger partial charge in [-0.3, -0.25) is 0 Å². The summed E-state index contributed by atoms with van der Waals surface area (Å²) in [5.41, 5.74) is 1.74. The monoisotopic (exact) mass is 205 g/mol. The molecule has 0 unspecified atom stereocenters. The van der Waals surface area contributed by atoms with Gasteiger partial charge in [0.05, 0.1) is 5.02 Å². The van der Waals surface area contributed by atoms with Gasteiger partial charge in [0.1, 0.15) is 5.82 Å². The van der Waals surface area contributed by atoms with Crippen LogP contribution in [0.3, 0.4) is 0 Å². The van der Waals surface area contributed by atoms with Crippen LogP contribution in [0.5, 0.6) is 0 Å². The van der Waals surface area contributed by atoms with Crippen molar-refractivity contribution in [2.75, 3.05) is 0 Å². The van der Waals surface area contributed by atoms with Gasteiger partial charge in [-0.15, -0.1) is 0 Å². The van der Waals surface area contributed by atoms with Gasteiger partial charge in [-0.05, 0) is 35.4 Å². The Morgan fingerprint density at radius 2 is 2.00 bits per heavy atom. The number of hydrogen-bond acceptors (Lipinski definition) is 0. The number of halogens is 2. The lowest BCUT2D eigenvalue weighted by atomic mass is 10.1. The molecule has 0 bridgehead atoms. The summed E-state index contributed by atoms with van der Waals surface area (Å²) in [5.74, 6) is -0.395. The van der Waals surface area contributed by atoms with Crippen molar-refractivity contribution in [2.24, 2.45) is 0 Å². The zero-order chi connectivity index (χ0) is 9.97. The Balaban J connectivity index is 2.48. The molecule has 0 aliphatic heterocycles. The fourth-order valence-corrected chi connectivity index (χ4v) is 1.37. The van der Waals surface area contributed by atoms with E-state index >= 15 is 0 Å².